The Hall–Kier alpha value is -3.52. The van der Waals surface area contributed by atoms with E-state index >= 15 is 0 Å². The van der Waals surface area contributed by atoms with Crippen molar-refractivity contribution in [1.82, 2.24) is 10.2 Å². The van der Waals surface area contributed by atoms with Gasteiger partial charge in [-0.25, -0.2) is 0 Å². The maximum absolute atomic E-state index is 12.5. The van der Waals surface area contributed by atoms with E-state index in [2.05, 4.69) is 20.4 Å². The average Bonchev–Trinajstić information content (AvgIpc) is 3.09. The SMILES string of the molecule is O=C(Nc1ccc(-c2ccc(N3CCCCCC3)nn2)cc1)c1ccc([N+](=O)[O-])cc1Cl. The molecule has 164 valence electrons. The molecule has 0 atom stereocenters. The topological polar surface area (TPSA) is 101 Å². The van der Waals surface area contributed by atoms with E-state index in [4.69, 9.17) is 11.6 Å². The number of carbonyl (C=O) groups is 1. The Morgan fingerprint density at radius 2 is 1.69 bits per heavy atom. The number of amides is 1. The van der Waals surface area contributed by atoms with Gasteiger partial charge in [-0.1, -0.05) is 36.6 Å². The number of hydrogen-bond acceptors (Lipinski definition) is 6. The molecule has 8 nitrogen and oxygen atoms in total. The number of aromatic nitrogens is 2. The number of nitrogens with one attached hydrogen (secondary N) is 1. The summed E-state index contributed by atoms with van der Waals surface area (Å²) in [6.07, 6.45) is 4.89. The van der Waals surface area contributed by atoms with Crippen molar-refractivity contribution in [3.63, 3.8) is 0 Å². The zero-order valence-corrected chi connectivity index (χ0v) is 18.1. The van der Waals surface area contributed by atoms with Crippen LogP contribution < -0.4 is 10.2 Å². The van der Waals surface area contributed by atoms with Crippen molar-refractivity contribution < 1.29 is 9.72 Å². The second-order valence-electron chi connectivity index (χ2n) is 7.63. The molecular weight excluding hydrogens is 430 g/mol. The van der Waals surface area contributed by atoms with Gasteiger partial charge in [0.15, 0.2) is 5.82 Å². The van der Waals surface area contributed by atoms with Crippen molar-refractivity contribution in [3.8, 4) is 11.3 Å². The molecule has 1 N–H and O–H groups in total. The predicted molar refractivity (Wildman–Crippen MR) is 124 cm³/mol. The Balaban J connectivity index is 1.43. The second kappa shape index (κ2) is 9.74. The van der Waals surface area contributed by atoms with Crippen molar-refractivity contribution in [2.24, 2.45) is 0 Å². The van der Waals surface area contributed by atoms with Gasteiger partial charge < -0.3 is 10.2 Å². The summed E-state index contributed by atoms with van der Waals surface area (Å²) >= 11 is 6.03. The average molecular weight is 452 g/mol. The van der Waals surface area contributed by atoms with E-state index < -0.39 is 10.8 Å². The van der Waals surface area contributed by atoms with Gasteiger partial charge in [0.1, 0.15) is 0 Å². The Morgan fingerprint density at radius 1 is 0.969 bits per heavy atom. The number of nitro groups is 1. The highest BCUT2D eigenvalue weighted by Crippen LogP contribution is 2.25. The minimum atomic E-state index is -0.560. The van der Waals surface area contributed by atoms with Gasteiger partial charge in [0, 0.05) is 36.5 Å². The van der Waals surface area contributed by atoms with Crippen LogP contribution in [0.25, 0.3) is 11.3 Å². The van der Waals surface area contributed by atoms with Crippen LogP contribution in [0.15, 0.2) is 54.6 Å². The fourth-order valence-corrected chi connectivity index (χ4v) is 3.93. The lowest BCUT2D eigenvalue weighted by atomic mass is 10.1. The molecule has 1 saturated heterocycles. The van der Waals surface area contributed by atoms with Gasteiger partial charge >= 0.3 is 0 Å². The van der Waals surface area contributed by atoms with E-state index in [0.29, 0.717) is 5.69 Å². The normalized spacial score (nSPS) is 14.0. The summed E-state index contributed by atoms with van der Waals surface area (Å²) in [5, 5.41) is 22.4. The number of nitrogens with zero attached hydrogens (tertiary/aromatic N) is 4. The first kappa shape index (κ1) is 21.7. The molecule has 1 aliphatic rings. The van der Waals surface area contributed by atoms with Gasteiger partial charge in [-0.15, -0.1) is 10.2 Å². The van der Waals surface area contributed by atoms with Crippen molar-refractivity contribution in [2.45, 2.75) is 25.7 Å². The van der Waals surface area contributed by atoms with E-state index in [1.54, 1.807) is 12.1 Å². The molecule has 2 heterocycles. The molecule has 0 saturated carbocycles. The van der Waals surface area contributed by atoms with E-state index in [1.807, 2.05) is 24.3 Å². The summed E-state index contributed by atoms with van der Waals surface area (Å²) in [5.74, 6) is 0.457. The fraction of sp³-hybridized carbons (Fsp3) is 0.261. The zero-order chi connectivity index (χ0) is 22.5. The van der Waals surface area contributed by atoms with Gasteiger partial charge in [-0.3, -0.25) is 14.9 Å². The van der Waals surface area contributed by atoms with Gasteiger partial charge in [-0.2, -0.15) is 0 Å². The summed E-state index contributed by atoms with van der Waals surface area (Å²) in [5.41, 5.74) is 2.20. The van der Waals surface area contributed by atoms with Crippen molar-refractivity contribution in [3.05, 3.63) is 75.3 Å². The van der Waals surface area contributed by atoms with Crippen LogP contribution in [-0.4, -0.2) is 34.1 Å². The number of non-ortho nitro benzene ring substituents is 1. The lowest BCUT2D eigenvalue weighted by Crippen LogP contribution is -2.25. The molecule has 32 heavy (non-hydrogen) atoms. The molecule has 0 radical (unpaired) electrons. The number of carbonyl (C=O) groups excluding carboxylic acids is 1. The Morgan fingerprint density at radius 3 is 2.28 bits per heavy atom. The number of benzene rings is 2. The number of rotatable bonds is 5. The molecule has 1 aromatic heterocycles. The third-order valence-corrected chi connectivity index (χ3v) is 5.74. The Labute approximate surface area is 190 Å². The van der Waals surface area contributed by atoms with Crippen LogP contribution in [0.3, 0.4) is 0 Å². The Kier molecular flexibility index (Phi) is 6.61. The standard InChI is InChI=1S/C23H22ClN5O3/c24-20-15-18(29(31)32)9-10-19(20)23(30)25-17-7-5-16(6-8-17)21-11-12-22(27-26-21)28-13-3-1-2-4-14-28/h5-12,15H,1-4,13-14H2,(H,25,30). The Bertz CT molecular complexity index is 1110. The second-order valence-corrected chi connectivity index (χ2v) is 8.04. The van der Waals surface area contributed by atoms with Crippen LogP contribution in [0.2, 0.25) is 5.02 Å². The number of halogens is 1. The molecule has 0 aliphatic carbocycles. The minimum absolute atomic E-state index is 0.0214. The molecule has 1 fully saturated rings. The minimum Gasteiger partial charge on any atom is -0.355 e. The van der Waals surface area contributed by atoms with Crippen LogP contribution in [0, 0.1) is 10.1 Å². The highest BCUT2D eigenvalue weighted by atomic mass is 35.5. The molecule has 1 aliphatic heterocycles. The summed E-state index contributed by atoms with van der Waals surface area (Å²) in [6, 6.07) is 14.9. The van der Waals surface area contributed by atoms with Gasteiger partial charge in [0.05, 0.1) is 21.2 Å². The molecule has 3 aromatic rings. The summed E-state index contributed by atoms with van der Waals surface area (Å²) in [7, 11) is 0. The zero-order valence-electron chi connectivity index (χ0n) is 17.3. The molecule has 1 amide bonds. The van der Waals surface area contributed by atoms with Crippen LogP contribution >= 0.6 is 11.6 Å². The molecule has 0 bridgehead atoms. The first-order chi connectivity index (χ1) is 15.5. The summed E-state index contributed by atoms with van der Waals surface area (Å²) in [4.78, 5) is 25.0. The van der Waals surface area contributed by atoms with E-state index in [1.165, 1.54) is 37.8 Å². The van der Waals surface area contributed by atoms with Crippen LogP contribution in [-0.2, 0) is 0 Å². The summed E-state index contributed by atoms with van der Waals surface area (Å²) in [6.45, 7) is 2.03. The van der Waals surface area contributed by atoms with Crippen LogP contribution in [0.1, 0.15) is 36.0 Å². The quantitative estimate of drug-likeness (QED) is 0.415. The van der Waals surface area contributed by atoms with Crippen LogP contribution in [0.4, 0.5) is 17.2 Å². The van der Waals surface area contributed by atoms with Gasteiger partial charge in [0.25, 0.3) is 11.6 Å². The van der Waals surface area contributed by atoms with Crippen molar-refractivity contribution in [1.29, 1.82) is 0 Å². The lowest BCUT2D eigenvalue weighted by Gasteiger charge is -2.20. The number of nitro benzene ring substituents is 1. The van der Waals surface area contributed by atoms with E-state index in [0.717, 1.165) is 36.2 Å². The van der Waals surface area contributed by atoms with Gasteiger partial charge in [0.2, 0.25) is 0 Å². The van der Waals surface area contributed by atoms with Crippen LogP contribution in [0.5, 0.6) is 0 Å². The number of hydrogen-bond donors (Lipinski definition) is 1. The molecule has 0 unspecified atom stereocenters. The molecule has 9 heteroatoms. The summed E-state index contributed by atoms with van der Waals surface area (Å²) < 4.78 is 0. The molecular formula is C23H22ClN5O3. The first-order valence-corrected chi connectivity index (χ1v) is 10.8. The highest BCUT2D eigenvalue weighted by molar-refractivity contribution is 6.34. The fourth-order valence-electron chi connectivity index (χ4n) is 3.67. The largest absolute Gasteiger partial charge is 0.355 e. The van der Waals surface area contributed by atoms with Gasteiger partial charge in [-0.05, 0) is 43.2 Å². The van der Waals surface area contributed by atoms with E-state index in [-0.39, 0.29) is 16.3 Å². The third kappa shape index (κ3) is 5.03. The predicted octanol–water partition coefficient (Wildman–Crippen LogP) is 5.34. The first-order valence-electron chi connectivity index (χ1n) is 10.5. The lowest BCUT2D eigenvalue weighted by molar-refractivity contribution is -0.384. The molecule has 2 aromatic carbocycles. The maximum atomic E-state index is 12.5. The maximum Gasteiger partial charge on any atom is 0.270 e. The van der Waals surface area contributed by atoms with Crippen molar-refractivity contribution >= 4 is 34.7 Å². The third-order valence-electron chi connectivity index (χ3n) is 5.43. The number of anilines is 2. The monoisotopic (exact) mass is 451 g/mol. The van der Waals surface area contributed by atoms with E-state index in [9.17, 15) is 14.9 Å². The molecule has 0 spiro atoms. The molecule has 4 rings (SSSR count). The smallest absolute Gasteiger partial charge is 0.270 e. The van der Waals surface area contributed by atoms with Crippen molar-refractivity contribution in [2.75, 3.05) is 23.3 Å². The highest BCUT2D eigenvalue weighted by Gasteiger charge is 2.16.